The van der Waals surface area contributed by atoms with Crippen LogP contribution in [0.1, 0.15) is 197 Å². The summed E-state index contributed by atoms with van der Waals surface area (Å²) < 4.78 is 27.8. The van der Waals surface area contributed by atoms with Gasteiger partial charge in [-0.25, -0.2) is 4.79 Å². The van der Waals surface area contributed by atoms with Gasteiger partial charge in [-0.3, -0.25) is 43.2 Å². The van der Waals surface area contributed by atoms with Gasteiger partial charge in [0.1, 0.15) is 66.1 Å². The van der Waals surface area contributed by atoms with Crippen molar-refractivity contribution in [1.29, 1.82) is 0 Å². The van der Waals surface area contributed by atoms with Gasteiger partial charge in [0.2, 0.25) is 41.4 Å². The zero-order valence-electron chi connectivity index (χ0n) is 59.0. The Labute approximate surface area is 563 Å². The van der Waals surface area contributed by atoms with Crippen molar-refractivity contribution in [2.45, 2.75) is 241 Å². The molecule has 0 heterocycles. The molecule has 528 valence electrons. The molecular weight excluding hydrogens is 1220 g/mol. The van der Waals surface area contributed by atoms with Crippen LogP contribution in [0.15, 0.2) is 78.9 Å². The third kappa shape index (κ3) is 30.0. The number of carbonyl (C=O) groups is 10. The molecule has 3 aromatic rings. The lowest BCUT2D eigenvalue weighted by atomic mass is 9.97. The van der Waals surface area contributed by atoms with E-state index in [0.29, 0.717) is 30.8 Å². The third-order valence-electron chi connectivity index (χ3n) is 15.7. The molecule has 0 bridgehead atoms. The molecule has 0 saturated heterocycles. The SMILES string of the molecule is CCCCCC(CC(=O)OCc1ccccc1)OC(=O)[C@@H](NC(=O)[C@@H](CC(C)C)NC(=O)[C@H](CC(=O)OC(C)(C)C)NC(=O)[C@@H](NC(=O)[C@@H](CC(C)C)NC(=O)[C@H](CC(C)C)NC(=O)[C@@H](N)CCC(=O)NC(c1ccc(OC)cc1)c1ccc(OC)cc1)C(C)C)[C@@H](C)CC. The number of methoxy groups -OCH3 is 2. The van der Waals surface area contributed by atoms with Gasteiger partial charge < -0.3 is 66.6 Å². The second-order valence-electron chi connectivity index (χ2n) is 27.1. The van der Waals surface area contributed by atoms with Gasteiger partial charge in [0.25, 0.3) is 0 Å². The lowest BCUT2D eigenvalue weighted by Crippen LogP contribution is -2.61. The zero-order valence-corrected chi connectivity index (χ0v) is 59.0. The van der Waals surface area contributed by atoms with E-state index in [1.165, 1.54) is 0 Å². The van der Waals surface area contributed by atoms with Crippen molar-refractivity contribution < 1.29 is 71.6 Å². The fourth-order valence-corrected chi connectivity index (χ4v) is 10.3. The first-order valence-corrected chi connectivity index (χ1v) is 33.5. The van der Waals surface area contributed by atoms with E-state index >= 15 is 0 Å². The Morgan fingerprint density at radius 1 is 0.505 bits per heavy atom. The number of amides is 7. The highest BCUT2D eigenvalue weighted by molar-refractivity contribution is 5.98. The molecule has 95 heavy (non-hydrogen) atoms. The number of rotatable bonds is 41. The maximum absolute atomic E-state index is 14.6. The van der Waals surface area contributed by atoms with Crippen molar-refractivity contribution in [2.75, 3.05) is 14.2 Å². The molecular formula is C72H110N8O15. The molecule has 0 aliphatic heterocycles. The summed E-state index contributed by atoms with van der Waals surface area (Å²) in [6, 6.07) is 13.9. The minimum absolute atomic E-state index is 0.0407. The molecule has 9 atom stereocenters. The lowest BCUT2D eigenvalue weighted by molar-refractivity contribution is -0.160. The van der Waals surface area contributed by atoms with Crippen LogP contribution in [-0.4, -0.2) is 127 Å². The van der Waals surface area contributed by atoms with Crippen LogP contribution in [0.2, 0.25) is 0 Å². The summed E-state index contributed by atoms with van der Waals surface area (Å²) in [7, 11) is 3.11. The molecule has 0 saturated carbocycles. The predicted octanol–water partition coefficient (Wildman–Crippen LogP) is 8.12. The Morgan fingerprint density at radius 3 is 1.42 bits per heavy atom. The number of esters is 3. The number of nitrogens with one attached hydrogen (secondary N) is 7. The minimum atomic E-state index is -1.67. The number of nitrogens with two attached hydrogens (primary N) is 1. The molecule has 0 radical (unpaired) electrons. The van der Waals surface area contributed by atoms with Crippen LogP contribution in [-0.2, 0) is 68.8 Å². The summed E-state index contributed by atoms with van der Waals surface area (Å²) in [4.78, 5) is 141. The van der Waals surface area contributed by atoms with E-state index in [1.54, 1.807) is 80.0 Å². The molecule has 23 nitrogen and oxygen atoms in total. The molecule has 0 fully saturated rings. The molecule has 0 aliphatic rings. The van der Waals surface area contributed by atoms with Gasteiger partial charge in [0.15, 0.2) is 0 Å². The molecule has 7 amide bonds. The van der Waals surface area contributed by atoms with Crippen LogP contribution in [0.5, 0.6) is 11.5 Å². The van der Waals surface area contributed by atoms with Gasteiger partial charge in [-0.05, 0) is 130 Å². The first-order valence-electron chi connectivity index (χ1n) is 33.5. The van der Waals surface area contributed by atoms with Crippen LogP contribution in [0.3, 0.4) is 0 Å². The molecule has 3 aromatic carbocycles. The summed E-state index contributed by atoms with van der Waals surface area (Å²) in [5.74, 6) is -7.65. The number of hydrogen-bond donors (Lipinski definition) is 8. The van der Waals surface area contributed by atoms with Crippen LogP contribution in [0.4, 0.5) is 0 Å². The van der Waals surface area contributed by atoms with Gasteiger partial charge in [-0.1, -0.05) is 150 Å². The molecule has 0 spiro atoms. The number of hydrogen-bond acceptors (Lipinski definition) is 16. The average Bonchev–Trinajstić information content (AvgIpc) is 0.863. The first kappa shape index (κ1) is 81.2. The van der Waals surface area contributed by atoms with Crippen molar-refractivity contribution in [3.05, 3.63) is 95.6 Å². The predicted molar refractivity (Wildman–Crippen MR) is 363 cm³/mol. The highest BCUT2D eigenvalue weighted by atomic mass is 16.6. The van der Waals surface area contributed by atoms with E-state index < -0.39 is 132 Å². The van der Waals surface area contributed by atoms with Crippen molar-refractivity contribution in [1.82, 2.24) is 37.2 Å². The summed E-state index contributed by atoms with van der Waals surface area (Å²) >= 11 is 0. The Morgan fingerprint density at radius 2 is 0.968 bits per heavy atom. The summed E-state index contributed by atoms with van der Waals surface area (Å²) in [5, 5.41) is 19.5. The van der Waals surface area contributed by atoms with E-state index in [4.69, 9.17) is 29.4 Å². The fourth-order valence-electron chi connectivity index (χ4n) is 10.3. The second kappa shape index (κ2) is 41.0. The summed E-state index contributed by atoms with van der Waals surface area (Å²) in [6.07, 6.45) is 1.50. The second-order valence-corrected chi connectivity index (χ2v) is 27.1. The highest BCUT2D eigenvalue weighted by Crippen LogP contribution is 2.27. The smallest absolute Gasteiger partial charge is 0.329 e. The fraction of sp³-hybridized carbons (Fsp3) is 0.611. The van der Waals surface area contributed by atoms with E-state index in [1.807, 2.05) is 110 Å². The molecule has 0 aromatic heterocycles. The Kier molecular flexibility index (Phi) is 35.0. The number of unbranched alkanes of at least 4 members (excludes halogenated alkanes) is 2. The molecule has 23 heteroatoms. The topological polar surface area (TPSA) is 327 Å². The van der Waals surface area contributed by atoms with Crippen molar-refractivity contribution in [3.8, 4) is 11.5 Å². The van der Waals surface area contributed by atoms with Crippen LogP contribution < -0.4 is 52.4 Å². The van der Waals surface area contributed by atoms with Crippen molar-refractivity contribution in [3.63, 3.8) is 0 Å². The number of benzene rings is 3. The third-order valence-corrected chi connectivity index (χ3v) is 15.7. The lowest BCUT2D eigenvalue weighted by Gasteiger charge is -2.30. The van der Waals surface area contributed by atoms with Crippen molar-refractivity contribution in [2.24, 2.45) is 35.3 Å². The standard InChI is InChI=1S/C72H110N8O15/c1-17-19-21-26-53(40-60(82)93-42-48-24-22-20-23-25-48)94-71(90)63(47(11)18-2)80-69(88)57(39-45(7)8)76-67(86)58(41-61(83)95-72(12,13)14)77-70(89)62(46(9)10)79-68(87)56(38-44(5)6)75-66(85)55(37-43(3)4)74-65(84)54(73)35-36-59(81)78-64(49-27-31-51(91-15)32-28-49)50-29-33-52(92-16)34-30-50/h20,22-25,27-34,43-47,53-58,62-64H,17-19,21,26,35-42,73H2,1-16H3,(H,74,84)(H,75,85)(H,76,86)(H,77,89)(H,78,81)(H,79,87)(H,80,88)/t47-,53?,54-,55-,56+,57+,58-,62-,63-/m0/s1. The number of carbonyl (C=O) groups excluding carboxylic acids is 10. The van der Waals surface area contributed by atoms with Crippen LogP contribution in [0.25, 0.3) is 0 Å². The highest BCUT2D eigenvalue weighted by Gasteiger charge is 2.38. The monoisotopic (exact) mass is 1330 g/mol. The summed E-state index contributed by atoms with van der Waals surface area (Å²) in [5.41, 5.74) is 7.74. The Bertz CT molecular complexity index is 2870. The average molecular weight is 1330 g/mol. The maximum Gasteiger partial charge on any atom is 0.329 e. The van der Waals surface area contributed by atoms with Gasteiger partial charge in [-0.15, -0.1) is 0 Å². The van der Waals surface area contributed by atoms with E-state index in [-0.39, 0.29) is 68.8 Å². The molecule has 0 aliphatic carbocycles. The van der Waals surface area contributed by atoms with Crippen LogP contribution in [0, 0.1) is 29.6 Å². The van der Waals surface area contributed by atoms with Gasteiger partial charge in [0.05, 0.1) is 39.1 Å². The Hall–Kier alpha value is -8.08. The molecule has 3 rings (SSSR count). The van der Waals surface area contributed by atoms with Gasteiger partial charge in [0, 0.05) is 6.42 Å². The Balaban J connectivity index is 1.84. The van der Waals surface area contributed by atoms with Gasteiger partial charge >= 0.3 is 17.9 Å². The van der Waals surface area contributed by atoms with E-state index in [0.717, 1.165) is 29.5 Å². The zero-order chi connectivity index (χ0) is 71.1. The van der Waals surface area contributed by atoms with E-state index in [9.17, 15) is 47.9 Å². The quantitative estimate of drug-likeness (QED) is 0.0151. The van der Waals surface area contributed by atoms with Crippen molar-refractivity contribution >= 4 is 59.3 Å². The largest absolute Gasteiger partial charge is 0.497 e. The maximum atomic E-state index is 14.6. The van der Waals surface area contributed by atoms with Crippen LogP contribution >= 0.6 is 0 Å². The summed E-state index contributed by atoms with van der Waals surface area (Å²) in [6.45, 7) is 24.9. The first-order chi connectivity index (χ1) is 44.8. The normalized spacial score (nSPS) is 14.4. The van der Waals surface area contributed by atoms with E-state index in [2.05, 4.69) is 37.2 Å². The number of ether oxygens (including phenoxy) is 5. The molecule has 1 unspecified atom stereocenters. The minimum Gasteiger partial charge on any atom is -0.497 e. The molecule has 9 N–H and O–H groups in total. The van der Waals surface area contributed by atoms with Gasteiger partial charge in [-0.2, -0.15) is 0 Å².